The molecule has 0 saturated heterocycles. The maximum absolute atomic E-state index is 13.1. The van der Waals surface area contributed by atoms with Gasteiger partial charge in [-0.3, -0.25) is 9.67 Å². The number of hydrogen-bond acceptors (Lipinski definition) is 5. The van der Waals surface area contributed by atoms with E-state index in [1.54, 1.807) is 17.8 Å². The van der Waals surface area contributed by atoms with Gasteiger partial charge in [0.25, 0.3) is 0 Å². The molecule has 0 N–H and O–H groups in total. The van der Waals surface area contributed by atoms with Gasteiger partial charge in [0.2, 0.25) is 6.43 Å². The molecule has 28 heavy (non-hydrogen) atoms. The second-order valence-electron chi connectivity index (χ2n) is 6.59. The van der Waals surface area contributed by atoms with E-state index in [-0.39, 0.29) is 24.0 Å². The fraction of sp³-hybridized carbons (Fsp3) is 0.500. The maximum Gasteiger partial charge on any atom is 0.387 e. The molecular weight excluding hydrogens is 382 g/mol. The zero-order valence-electron chi connectivity index (χ0n) is 15.9. The van der Waals surface area contributed by atoms with Gasteiger partial charge in [-0.2, -0.15) is 23.5 Å². The molecule has 0 aliphatic rings. The molecule has 0 saturated carbocycles. The van der Waals surface area contributed by atoms with Crippen molar-refractivity contribution < 1.29 is 31.9 Å². The van der Waals surface area contributed by atoms with Gasteiger partial charge in [0.1, 0.15) is 5.75 Å². The van der Waals surface area contributed by atoms with E-state index >= 15 is 0 Å². The molecule has 6 nitrogen and oxygen atoms in total. The van der Waals surface area contributed by atoms with Crippen LogP contribution in [-0.4, -0.2) is 34.0 Å². The van der Waals surface area contributed by atoms with Crippen molar-refractivity contribution in [2.75, 3.05) is 0 Å². The van der Waals surface area contributed by atoms with Crippen LogP contribution in [0.3, 0.4) is 0 Å². The summed E-state index contributed by atoms with van der Waals surface area (Å²) >= 11 is 0. The number of rotatable bonds is 7. The van der Waals surface area contributed by atoms with Crippen LogP contribution in [-0.2, 0) is 22.6 Å². The SMILES string of the molecule is CCn1ncc(C)c1-c1cnc(CC(C)(C)C(F)F)cc1OC(F)F.O=C=O. The molecular formula is C18H21F4N3O3. The molecule has 0 spiro atoms. The van der Waals surface area contributed by atoms with Crippen LogP contribution in [0.5, 0.6) is 5.75 Å². The Morgan fingerprint density at radius 3 is 2.32 bits per heavy atom. The van der Waals surface area contributed by atoms with E-state index in [1.165, 1.54) is 26.1 Å². The summed E-state index contributed by atoms with van der Waals surface area (Å²) in [5.41, 5.74) is 0.701. The average molecular weight is 403 g/mol. The van der Waals surface area contributed by atoms with Gasteiger partial charge in [-0.25, -0.2) is 8.78 Å². The fourth-order valence-corrected chi connectivity index (χ4v) is 2.56. The van der Waals surface area contributed by atoms with Crippen molar-refractivity contribution >= 4 is 6.15 Å². The summed E-state index contributed by atoms with van der Waals surface area (Å²) in [5, 5.41) is 4.18. The molecule has 0 atom stereocenters. The quantitative estimate of drug-likeness (QED) is 0.650. The number of halogens is 4. The van der Waals surface area contributed by atoms with E-state index in [4.69, 9.17) is 9.59 Å². The molecule has 0 fully saturated rings. The number of ether oxygens (including phenoxy) is 1. The Labute approximate surface area is 159 Å². The Balaban J connectivity index is 0.00000122. The molecule has 2 rings (SSSR count). The van der Waals surface area contributed by atoms with Crippen molar-refractivity contribution in [3.05, 3.63) is 29.7 Å². The molecule has 2 heterocycles. The summed E-state index contributed by atoms with van der Waals surface area (Å²) in [5.74, 6) is -0.0941. The monoisotopic (exact) mass is 403 g/mol. The van der Waals surface area contributed by atoms with Crippen LogP contribution >= 0.6 is 0 Å². The standard InChI is InChI=1S/C17H21F4N3O.CO2/c1-5-24-14(10(2)8-23-24)12-9-22-11(6-13(12)25-16(20)21)7-17(3,4)15(18)19;2-1-3/h6,8-9,15-16H,5,7H2,1-4H3;. The number of hydrogen-bond donors (Lipinski definition) is 0. The van der Waals surface area contributed by atoms with Crippen molar-refractivity contribution in [2.24, 2.45) is 5.41 Å². The van der Waals surface area contributed by atoms with Crippen LogP contribution in [0.1, 0.15) is 32.0 Å². The number of aromatic nitrogens is 3. The van der Waals surface area contributed by atoms with Gasteiger partial charge >= 0.3 is 12.8 Å². The molecule has 0 aliphatic carbocycles. The molecule has 10 heteroatoms. The third-order valence-corrected chi connectivity index (χ3v) is 3.94. The molecule has 0 radical (unpaired) electrons. The summed E-state index contributed by atoms with van der Waals surface area (Å²) in [6.45, 7) is 3.98. The van der Waals surface area contributed by atoms with Gasteiger partial charge in [0.05, 0.1) is 17.5 Å². The van der Waals surface area contributed by atoms with Crippen LogP contribution in [0.15, 0.2) is 18.5 Å². The smallest absolute Gasteiger partial charge is 0.387 e. The van der Waals surface area contributed by atoms with Gasteiger partial charge in [-0.05, 0) is 19.4 Å². The first-order valence-corrected chi connectivity index (χ1v) is 8.31. The van der Waals surface area contributed by atoms with E-state index in [0.717, 1.165) is 5.56 Å². The molecule has 0 bridgehead atoms. The van der Waals surface area contributed by atoms with Crippen LogP contribution < -0.4 is 4.74 Å². The topological polar surface area (TPSA) is 74.1 Å². The first kappa shape index (κ1) is 23.3. The van der Waals surface area contributed by atoms with Crippen LogP contribution in [0, 0.1) is 12.3 Å². The van der Waals surface area contributed by atoms with Gasteiger partial charge in [-0.1, -0.05) is 13.8 Å². The summed E-state index contributed by atoms with van der Waals surface area (Å²) in [6, 6.07) is 1.30. The minimum atomic E-state index is -3.03. The van der Waals surface area contributed by atoms with Crippen LogP contribution in [0.4, 0.5) is 17.6 Å². The predicted molar refractivity (Wildman–Crippen MR) is 91.0 cm³/mol. The number of pyridine rings is 1. The highest BCUT2D eigenvalue weighted by molar-refractivity contribution is 5.69. The van der Waals surface area contributed by atoms with Crippen molar-refractivity contribution in [2.45, 2.75) is 53.7 Å². The van der Waals surface area contributed by atoms with E-state index in [2.05, 4.69) is 14.8 Å². The lowest BCUT2D eigenvalue weighted by Crippen LogP contribution is -2.25. The van der Waals surface area contributed by atoms with Gasteiger partial charge in [0.15, 0.2) is 0 Å². The molecule has 2 aromatic heterocycles. The van der Waals surface area contributed by atoms with Crippen molar-refractivity contribution in [1.82, 2.24) is 14.8 Å². The van der Waals surface area contributed by atoms with E-state index < -0.39 is 18.5 Å². The number of aryl methyl sites for hydroxylation is 2. The average Bonchev–Trinajstić information content (AvgIpc) is 2.95. The Morgan fingerprint density at radius 2 is 1.82 bits per heavy atom. The zero-order valence-corrected chi connectivity index (χ0v) is 15.9. The molecule has 0 amide bonds. The van der Waals surface area contributed by atoms with E-state index in [1.807, 2.05) is 6.92 Å². The summed E-state index contributed by atoms with van der Waals surface area (Å²) in [4.78, 5) is 20.4. The van der Waals surface area contributed by atoms with Crippen molar-refractivity contribution in [1.29, 1.82) is 0 Å². The Hall–Kier alpha value is -2.74. The van der Waals surface area contributed by atoms with E-state index in [0.29, 0.717) is 17.8 Å². The number of nitrogens with zero attached hydrogens (tertiary/aromatic N) is 3. The minimum Gasteiger partial charge on any atom is -0.434 e. The number of alkyl halides is 4. The Bertz CT molecular complexity index is 816. The second kappa shape index (κ2) is 9.98. The van der Waals surface area contributed by atoms with Crippen molar-refractivity contribution in [3.63, 3.8) is 0 Å². The normalized spacial score (nSPS) is 11.2. The fourth-order valence-electron chi connectivity index (χ4n) is 2.56. The highest BCUT2D eigenvalue weighted by atomic mass is 19.3. The van der Waals surface area contributed by atoms with Crippen LogP contribution in [0.25, 0.3) is 11.3 Å². The zero-order chi connectivity index (χ0) is 21.5. The predicted octanol–water partition coefficient (Wildman–Crippen LogP) is 4.13. The first-order chi connectivity index (χ1) is 13.1. The largest absolute Gasteiger partial charge is 0.434 e. The highest BCUT2D eigenvalue weighted by Gasteiger charge is 2.31. The lowest BCUT2D eigenvalue weighted by molar-refractivity contribution is -0.191. The molecule has 0 aromatic carbocycles. The Morgan fingerprint density at radius 1 is 1.21 bits per heavy atom. The lowest BCUT2D eigenvalue weighted by atomic mass is 9.88. The first-order valence-electron chi connectivity index (χ1n) is 8.31. The molecule has 154 valence electrons. The number of carbonyl (C=O) groups excluding carboxylic acids is 2. The van der Waals surface area contributed by atoms with Crippen molar-refractivity contribution in [3.8, 4) is 17.0 Å². The Kier molecular flexibility index (Phi) is 8.31. The second-order valence-corrected chi connectivity index (χ2v) is 6.59. The third kappa shape index (κ3) is 5.88. The van der Waals surface area contributed by atoms with E-state index in [9.17, 15) is 17.6 Å². The third-order valence-electron chi connectivity index (χ3n) is 3.94. The van der Waals surface area contributed by atoms with Gasteiger partial charge in [-0.15, -0.1) is 0 Å². The van der Waals surface area contributed by atoms with Crippen LogP contribution in [0.2, 0.25) is 0 Å². The summed E-state index contributed by atoms with van der Waals surface area (Å²) in [6.07, 6.45) is 0.636. The minimum absolute atomic E-state index is 0.0590. The highest BCUT2D eigenvalue weighted by Crippen LogP contribution is 2.35. The molecule has 0 unspecified atom stereocenters. The summed E-state index contributed by atoms with van der Waals surface area (Å²) in [7, 11) is 0. The maximum atomic E-state index is 13.1. The van der Waals surface area contributed by atoms with Gasteiger partial charge < -0.3 is 4.74 Å². The molecule has 0 aliphatic heterocycles. The van der Waals surface area contributed by atoms with Gasteiger partial charge in [0, 0.05) is 36.3 Å². The summed E-state index contributed by atoms with van der Waals surface area (Å²) < 4.78 is 58.1. The lowest BCUT2D eigenvalue weighted by Gasteiger charge is -2.23. The molecule has 2 aromatic rings.